The molecule has 4 nitrogen and oxygen atoms in total. The molecule has 1 saturated heterocycles. The van der Waals surface area contributed by atoms with Crippen molar-refractivity contribution >= 4 is 27.5 Å². The number of pyridine rings is 1. The van der Waals surface area contributed by atoms with Crippen molar-refractivity contribution < 1.29 is 18.0 Å². The standard InChI is InChI=1S/C16H16F3N3OS/c1-20-14(23)9-5-24-13-10(16(17,18)19)2-11(22-12(9)13)8-3-15(4-8)6-21-7-15/h2,5,8,21H,3-4,6-7H2,1H3,(H,20,23). The molecule has 2 aromatic rings. The van der Waals surface area contributed by atoms with E-state index in [0.717, 1.165) is 37.3 Å². The van der Waals surface area contributed by atoms with Gasteiger partial charge in [0.25, 0.3) is 5.91 Å². The second kappa shape index (κ2) is 5.16. The first-order valence-corrected chi connectivity index (χ1v) is 8.63. The molecular formula is C16H16F3N3OS. The molecule has 2 aliphatic rings. The lowest BCUT2D eigenvalue weighted by Gasteiger charge is -2.54. The zero-order valence-electron chi connectivity index (χ0n) is 13.0. The topological polar surface area (TPSA) is 54.0 Å². The van der Waals surface area contributed by atoms with Crippen LogP contribution in [0.4, 0.5) is 13.2 Å². The van der Waals surface area contributed by atoms with Crippen LogP contribution in [0.1, 0.15) is 40.4 Å². The van der Waals surface area contributed by atoms with E-state index in [0.29, 0.717) is 5.69 Å². The van der Waals surface area contributed by atoms with Gasteiger partial charge in [-0.3, -0.25) is 9.78 Å². The molecule has 24 heavy (non-hydrogen) atoms. The van der Waals surface area contributed by atoms with Crippen molar-refractivity contribution in [3.8, 4) is 0 Å². The summed E-state index contributed by atoms with van der Waals surface area (Å²) in [7, 11) is 1.46. The Labute approximate surface area is 140 Å². The number of hydrogen-bond donors (Lipinski definition) is 2. The zero-order valence-corrected chi connectivity index (χ0v) is 13.8. The Bertz CT molecular complexity index is 818. The van der Waals surface area contributed by atoms with Crippen LogP contribution in [-0.4, -0.2) is 31.0 Å². The van der Waals surface area contributed by atoms with E-state index in [-0.39, 0.29) is 27.1 Å². The minimum Gasteiger partial charge on any atom is -0.355 e. The molecule has 128 valence electrons. The van der Waals surface area contributed by atoms with E-state index in [1.807, 2.05) is 0 Å². The van der Waals surface area contributed by atoms with Crippen LogP contribution < -0.4 is 10.6 Å². The van der Waals surface area contributed by atoms with Crippen LogP contribution in [0, 0.1) is 5.41 Å². The lowest BCUT2D eigenvalue weighted by Crippen LogP contribution is -2.59. The van der Waals surface area contributed by atoms with Gasteiger partial charge < -0.3 is 10.6 Å². The van der Waals surface area contributed by atoms with Gasteiger partial charge in [0.15, 0.2) is 0 Å². The quantitative estimate of drug-likeness (QED) is 0.870. The summed E-state index contributed by atoms with van der Waals surface area (Å²) < 4.78 is 40.5. The first-order chi connectivity index (χ1) is 11.3. The molecule has 0 atom stereocenters. The van der Waals surface area contributed by atoms with Gasteiger partial charge in [-0.25, -0.2) is 0 Å². The van der Waals surface area contributed by atoms with Gasteiger partial charge in [0.05, 0.1) is 21.3 Å². The van der Waals surface area contributed by atoms with Gasteiger partial charge in [-0.15, -0.1) is 11.3 Å². The fraction of sp³-hybridized carbons (Fsp3) is 0.500. The zero-order chi connectivity index (χ0) is 17.1. The average molecular weight is 355 g/mol. The first-order valence-electron chi connectivity index (χ1n) is 7.75. The number of amides is 1. The number of carbonyl (C=O) groups is 1. The number of rotatable bonds is 2. The van der Waals surface area contributed by atoms with Crippen molar-refractivity contribution in [2.24, 2.45) is 5.41 Å². The smallest absolute Gasteiger partial charge is 0.355 e. The lowest BCUT2D eigenvalue weighted by molar-refractivity contribution is -0.136. The van der Waals surface area contributed by atoms with Crippen molar-refractivity contribution in [3.63, 3.8) is 0 Å². The van der Waals surface area contributed by atoms with Crippen LogP contribution in [0.25, 0.3) is 10.2 Å². The van der Waals surface area contributed by atoms with Gasteiger partial charge >= 0.3 is 6.18 Å². The number of hydrogen-bond acceptors (Lipinski definition) is 4. The maximum atomic E-state index is 13.5. The Hall–Kier alpha value is -1.67. The van der Waals surface area contributed by atoms with Crippen LogP contribution in [0.3, 0.4) is 0 Å². The predicted molar refractivity (Wildman–Crippen MR) is 85.3 cm³/mol. The fourth-order valence-corrected chi connectivity index (χ4v) is 4.73. The minimum absolute atomic E-state index is 0.0317. The first kappa shape index (κ1) is 15.8. The highest BCUT2D eigenvalue weighted by atomic mass is 32.1. The van der Waals surface area contributed by atoms with Crippen molar-refractivity contribution in [2.45, 2.75) is 24.9 Å². The Morgan fingerprint density at radius 1 is 1.42 bits per heavy atom. The van der Waals surface area contributed by atoms with Gasteiger partial charge in [0, 0.05) is 37.1 Å². The molecular weight excluding hydrogens is 339 g/mol. The third-order valence-corrected chi connectivity index (χ3v) is 6.10. The molecule has 1 aliphatic carbocycles. The molecule has 1 saturated carbocycles. The molecule has 2 aromatic heterocycles. The molecule has 1 amide bonds. The molecule has 1 spiro atoms. The van der Waals surface area contributed by atoms with E-state index >= 15 is 0 Å². The van der Waals surface area contributed by atoms with Crippen LogP contribution in [0.15, 0.2) is 11.4 Å². The number of thiophene rings is 1. The molecule has 4 rings (SSSR count). The van der Waals surface area contributed by atoms with Gasteiger partial charge in [-0.05, 0) is 24.3 Å². The third-order valence-electron chi connectivity index (χ3n) is 5.10. The Morgan fingerprint density at radius 3 is 2.67 bits per heavy atom. The molecule has 2 fully saturated rings. The number of fused-ring (bicyclic) bond motifs is 1. The second-order valence-corrected chi connectivity index (χ2v) is 7.59. The van der Waals surface area contributed by atoms with Crippen molar-refractivity contribution in [2.75, 3.05) is 20.1 Å². The largest absolute Gasteiger partial charge is 0.417 e. The summed E-state index contributed by atoms with van der Waals surface area (Å²) in [5.41, 5.74) is 0.394. The monoisotopic (exact) mass is 355 g/mol. The average Bonchev–Trinajstić information content (AvgIpc) is 2.85. The number of nitrogens with one attached hydrogen (secondary N) is 2. The third kappa shape index (κ3) is 2.31. The number of carbonyl (C=O) groups excluding carboxylic acids is 1. The van der Waals surface area contributed by atoms with E-state index in [9.17, 15) is 18.0 Å². The molecule has 0 radical (unpaired) electrons. The summed E-state index contributed by atoms with van der Waals surface area (Å²) in [5, 5.41) is 7.13. The van der Waals surface area contributed by atoms with Gasteiger partial charge in [-0.2, -0.15) is 13.2 Å². The van der Waals surface area contributed by atoms with Gasteiger partial charge in [0.2, 0.25) is 0 Å². The number of halogens is 3. The summed E-state index contributed by atoms with van der Waals surface area (Å²) in [4.78, 5) is 16.4. The highest BCUT2D eigenvalue weighted by molar-refractivity contribution is 7.17. The molecule has 0 aromatic carbocycles. The van der Waals surface area contributed by atoms with E-state index in [4.69, 9.17) is 0 Å². The normalized spacial score (nSPS) is 20.0. The fourth-order valence-electron chi connectivity index (χ4n) is 3.71. The number of aromatic nitrogens is 1. The van der Waals surface area contributed by atoms with Crippen molar-refractivity contribution in [1.29, 1.82) is 0 Å². The Balaban J connectivity index is 1.81. The van der Waals surface area contributed by atoms with E-state index < -0.39 is 17.6 Å². The van der Waals surface area contributed by atoms with Crippen LogP contribution in [0.5, 0.6) is 0 Å². The number of alkyl halides is 3. The van der Waals surface area contributed by atoms with E-state index in [1.165, 1.54) is 18.5 Å². The summed E-state index contributed by atoms with van der Waals surface area (Å²) in [5.74, 6) is -0.373. The molecule has 3 heterocycles. The highest BCUT2D eigenvalue weighted by Crippen LogP contribution is 2.53. The van der Waals surface area contributed by atoms with Gasteiger partial charge in [0.1, 0.15) is 0 Å². The maximum absolute atomic E-state index is 13.5. The maximum Gasteiger partial charge on any atom is 0.417 e. The predicted octanol–water partition coefficient (Wildman–Crippen LogP) is 3.14. The lowest BCUT2D eigenvalue weighted by atomic mass is 9.57. The Morgan fingerprint density at radius 2 is 2.12 bits per heavy atom. The SMILES string of the molecule is CNC(=O)c1csc2c(C(F)(F)F)cc(C3CC4(CNC4)C3)nc12. The minimum atomic E-state index is -4.46. The van der Waals surface area contributed by atoms with Crippen molar-refractivity contribution in [3.05, 3.63) is 28.3 Å². The van der Waals surface area contributed by atoms with Gasteiger partial charge in [-0.1, -0.05) is 0 Å². The van der Waals surface area contributed by atoms with E-state index in [2.05, 4.69) is 15.6 Å². The highest BCUT2D eigenvalue weighted by Gasteiger charge is 2.49. The second-order valence-electron chi connectivity index (χ2n) is 6.71. The molecule has 8 heteroatoms. The van der Waals surface area contributed by atoms with Crippen LogP contribution in [0.2, 0.25) is 0 Å². The number of nitrogens with zero attached hydrogens (tertiary/aromatic N) is 1. The summed E-state index contributed by atoms with van der Waals surface area (Å²) in [6, 6.07) is 1.18. The van der Waals surface area contributed by atoms with E-state index in [1.54, 1.807) is 0 Å². The molecule has 2 N–H and O–H groups in total. The Kier molecular flexibility index (Phi) is 3.41. The molecule has 0 bridgehead atoms. The molecule has 1 aliphatic heterocycles. The van der Waals surface area contributed by atoms with Crippen LogP contribution >= 0.6 is 11.3 Å². The summed E-state index contributed by atoms with van der Waals surface area (Å²) in [6.45, 7) is 1.86. The summed E-state index contributed by atoms with van der Waals surface area (Å²) >= 11 is 0.919. The summed E-state index contributed by atoms with van der Waals surface area (Å²) in [6.07, 6.45) is -2.75. The van der Waals surface area contributed by atoms with Crippen molar-refractivity contribution in [1.82, 2.24) is 15.6 Å². The van der Waals surface area contributed by atoms with Crippen LogP contribution in [-0.2, 0) is 6.18 Å². The molecule has 0 unspecified atom stereocenters.